The first-order valence-electron chi connectivity index (χ1n) is 7.21. The summed E-state index contributed by atoms with van der Waals surface area (Å²) in [6.07, 6.45) is 0.993. The van der Waals surface area contributed by atoms with Crippen LogP contribution in [-0.4, -0.2) is 25.4 Å². The van der Waals surface area contributed by atoms with Gasteiger partial charge in [0.05, 0.1) is 12.6 Å². The molecule has 3 nitrogen and oxygen atoms in total. The van der Waals surface area contributed by atoms with Gasteiger partial charge in [0.15, 0.2) is 5.11 Å². The van der Waals surface area contributed by atoms with Crippen LogP contribution in [0.4, 0.5) is 0 Å². The first kappa shape index (κ1) is 16.9. The van der Waals surface area contributed by atoms with E-state index in [0.717, 1.165) is 13.0 Å². The minimum absolute atomic E-state index is 0.249. The maximum absolute atomic E-state index is 5.30. The third-order valence-electron chi connectivity index (χ3n) is 3.31. The van der Waals surface area contributed by atoms with E-state index < -0.39 is 0 Å². The zero-order valence-electron chi connectivity index (χ0n) is 12.9. The summed E-state index contributed by atoms with van der Waals surface area (Å²) in [7, 11) is 1.68. The second-order valence-electron chi connectivity index (χ2n) is 5.18. The zero-order chi connectivity index (χ0) is 15.0. The Morgan fingerprint density at radius 2 is 1.80 bits per heavy atom. The Labute approximate surface area is 128 Å². The minimum atomic E-state index is 0.249. The molecule has 0 bridgehead atoms. The average molecular weight is 294 g/mol. The highest BCUT2D eigenvalue weighted by atomic mass is 32.1. The molecule has 0 aliphatic rings. The maximum atomic E-state index is 5.30. The fourth-order valence-corrected chi connectivity index (χ4v) is 2.25. The molecule has 2 N–H and O–H groups in total. The standard InChI is InChI=1S/C16H26N2OS/c1-5-15(18-16(20)17-10-11-19-4)14-8-6-13(7-9-14)12(2)3/h6-9,12,15H,5,10-11H2,1-4H3,(H2,17,18,20)/t15-/m1/s1. The number of rotatable bonds is 7. The summed E-state index contributed by atoms with van der Waals surface area (Å²) in [4.78, 5) is 0. The largest absolute Gasteiger partial charge is 0.383 e. The Morgan fingerprint density at radius 1 is 1.20 bits per heavy atom. The van der Waals surface area contributed by atoms with Crippen molar-refractivity contribution in [2.75, 3.05) is 20.3 Å². The highest BCUT2D eigenvalue weighted by Gasteiger charge is 2.10. The van der Waals surface area contributed by atoms with Crippen molar-refractivity contribution in [1.82, 2.24) is 10.6 Å². The van der Waals surface area contributed by atoms with E-state index in [-0.39, 0.29) is 6.04 Å². The second-order valence-corrected chi connectivity index (χ2v) is 5.58. The van der Waals surface area contributed by atoms with Gasteiger partial charge in [0.25, 0.3) is 0 Å². The quantitative estimate of drug-likeness (QED) is 0.597. The SMILES string of the molecule is CC[C@@H](NC(=S)NCCOC)c1ccc(C(C)C)cc1. The van der Waals surface area contributed by atoms with Crippen LogP contribution in [0.3, 0.4) is 0 Å². The van der Waals surface area contributed by atoms with Gasteiger partial charge in [-0.3, -0.25) is 0 Å². The van der Waals surface area contributed by atoms with Crippen LogP contribution < -0.4 is 10.6 Å². The van der Waals surface area contributed by atoms with Gasteiger partial charge in [0, 0.05) is 13.7 Å². The molecule has 0 aliphatic carbocycles. The lowest BCUT2D eigenvalue weighted by molar-refractivity contribution is 0.204. The van der Waals surface area contributed by atoms with Crippen molar-refractivity contribution in [3.05, 3.63) is 35.4 Å². The predicted octanol–water partition coefficient (Wildman–Crippen LogP) is 3.37. The van der Waals surface area contributed by atoms with E-state index in [1.54, 1.807) is 7.11 Å². The smallest absolute Gasteiger partial charge is 0.166 e. The molecule has 0 aromatic heterocycles. The van der Waals surface area contributed by atoms with Crippen molar-refractivity contribution in [3.63, 3.8) is 0 Å². The molecule has 0 amide bonds. The Kier molecular flexibility index (Phi) is 7.55. The molecule has 20 heavy (non-hydrogen) atoms. The van der Waals surface area contributed by atoms with Crippen LogP contribution in [0.2, 0.25) is 0 Å². The number of hydrogen-bond acceptors (Lipinski definition) is 2. The number of benzene rings is 1. The van der Waals surface area contributed by atoms with E-state index in [9.17, 15) is 0 Å². The molecule has 0 aliphatic heterocycles. The summed E-state index contributed by atoms with van der Waals surface area (Å²) < 4.78 is 4.99. The zero-order valence-corrected chi connectivity index (χ0v) is 13.7. The van der Waals surface area contributed by atoms with Gasteiger partial charge in [-0.1, -0.05) is 45.0 Å². The van der Waals surface area contributed by atoms with E-state index in [0.29, 0.717) is 17.6 Å². The predicted molar refractivity (Wildman–Crippen MR) is 89.2 cm³/mol. The summed E-state index contributed by atoms with van der Waals surface area (Å²) >= 11 is 5.30. The van der Waals surface area contributed by atoms with Crippen LogP contribution in [0.25, 0.3) is 0 Å². The molecule has 112 valence electrons. The van der Waals surface area contributed by atoms with Crippen LogP contribution in [0.1, 0.15) is 50.3 Å². The normalized spacial score (nSPS) is 12.2. The third-order valence-corrected chi connectivity index (χ3v) is 3.57. The highest BCUT2D eigenvalue weighted by Crippen LogP contribution is 2.20. The van der Waals surface area contributed by atoms with Crippen LogP contribution in [-0.2, 0) is 4.74 Å². The number of thiocarbonyl (C=S) groups is 1. The lowest BCUT2D eigenvalue weighted by atomic mass is 9.98. The number of nitrogens with one attached hydrogen (secondary N) is 2. The monoisotopic (exact) mass is 294 g/mol. The van der Waals surface area contributed by atoms with Crippen molar-refractivity contribution < 1.29 is 4.74 Å². The van der Waals surface area contributed by atoms with Gasteiger partial charge in [-0.25, -0.2) is 0 Å². The van der Waals surface area contributed by atoms with Gasteiger partial charge in [0.2, 0.25) is 0 Å². The lowest BCUT2D eigenvalue weighted by Gasteiger charge is -2.20. The lowest BCUT2D eigenvalue weighted by Crippen LogP contribution is -2.39. The summed E-state index contributed by atoms with van der Waals surface area (Å²) in [6.45, 7) is 7.96. The third kappa shape index (κ3) is 5.47. The van der Waals surface area contributed by atoms with Gasteiger partial charge in [0.1, 0.15) is 0 Å². The Balaban J connectivity index is 2.59. The van der Waals surface area contributed by atoms with Crippen LogP contribution in [0.5, 0.6) is 0 Å². The molecule has 1 aromatic carbocycles. The fraction of sp³-hybridized carbons (Fsp3) is 0.562. The number of hydrogen-bond donors (Lipinski definition) is 2. The molecule has 0 fully saturated rings. The van der Waals surface area contributed by atoms with Crippen molar-refractivity contribution in [3.8, 4) is 0 Å². The molecule has 4 heteroatoms. The summed E-state index contributed by atoms with van der Waals surface area (Å²) in [6, 6.07) is 9.03. The average Bonchev–Trinajstić information content (AvgIpc) is 2.45. The molecule has 0 heterocycles. The number of methoxy groups -OCH3 is 1. The van der Waals surface area contributed by atoms with Crippen LogP contribution >= 0.6 is 12.2 Å². The minimum Gasteiger partial charge on any atom is -0.383 e. The molecular weight excluding hydrogens is 268 g/mol. The van der Waals surface area contributed by atoms with Crippen molar-refractivity contribution in [2.45, 2.75) is 39.2 Å². The maximum Gasteiger partial charge on any atom is 0.166 e. The van der Waals surface area contributed by atoms with Crippen LogP contribution in [0.15, 0.2) is 24.3 Å². The molecule has 0 radical (unpaired) electrons. The Morgan fingerprint density at radius 3 is 2.30 bits per heavy atom. The first-order valence-corrected chi connectivity index (χ1v) is 7.62. The van der Waals surface area contributed by atoms with Gasteiger partial charge < -0.3 is 15.4 Å². The van der Waals surface area contributed by atoms with E-state index in [2.05, 4.69) is 55.7 Å². The van der Waals surface area contributed by atoms with E-state index in [4.69, 9.17) is 17.0 Å². The van der Waals surface area contributed by atoms with Crippen LogP contribution in [0, 0.1) is 0 Å². The van der Waals surface area contributed by atoms with Crippen molar-refractivity contribution >= 4 is 17.3 Å². The highest BCUT2D eigenvalue weighted by molar-refractivity contribution is 7.80. The van der Waals surface area contributed by atoms with Gasteiger partial charge in [-0.15, -0.1) is 0 Å². The number of ether oxygens (including phenoxy) is 1. The summed E-state index contributed by atoms with van der Waals surface area (Å²) in [5, 5.41) is 7.18. The van der Waals surface area contributed by atoms with E-state index >= 15 is 0 Å². The molecule has 0 unspecified atom stereocenters. The molecule has 1 aromatic rings. The van der Waals surface area contributed by atoms with E-state index in [1.165, 1.54) is 11.1 Å². The molecule has 1 rings (SSSR count). The summed E-state index contributed by atoms with van der Waals surface area (Å²) in [5.41, 5.74) is 2.64. The second kappa shape index (κ2) is 8.93. The molecule has 0 saturated carbocycles. The van der Waals surface area contributed by atoms with Crippen molar-refractivity contribution in [1.29, 1.82) is 0 Å². The van der Waals surface area contributed by atoms with E-state index in [1.807, 2.05) is 0 Å². The Bertz CT molecular complexity index is 403. The molecule has 0 saturated heterocycles. The van der Waals surface area contributed by atoms with Gasteiger partial charge in [-0.05, 0) is 35.7 Å². The Hall–Kier alpha value is -1.13. The van der Waals surface area contributed by atoms with Gasteiger partial charge in [-0.2, -0.15) is 0 Å². The molecular formula is C16H26N2OS. The van der Waals surface area contributed by atoms with Gasteiger partial charge >= 0.3 is 0 Å². The fourth-order valence-electron chi connectivity index (χ4n) is 2.01. The first-order chi connectivity index (χ1) is 9.58. The molecule has 1 atom stereocenters. The molecule has 0 spiro atoms. The van der Waals surface area contributed by atoms with Crippen molar-refractivity contribution in [2.24, 2.45) is 0 Å². The topological polar surface area (TPSA) is 33.3 Å². The summed E-state index contributed by atoms with van der Waals surface area (Å²) in [5.74, 6) is 0.564.